The first kappa shape index (κ1) is 14.6. The van der Waals surface area contributed by atoms with Crippen molar-refractivity contribution in [2.75, 3.05) is 0 Å². The molecule has 1 atom stereocenters. The number of aryl methyl sites for hydroxylation is 2. The second-order valence-corrected chi connectivity index (χ2v) is 6.13. The molecule has 102 valence electrons. The van der Waals surface area contributed by atoms with Gasteiger partial charge < -0.3 is 5.11 Å². The Morgan fingerprint density at radius 3 is 2.68 bits per heavy atom. The van der Waals surface area contributed by atoms with Crippen molar-refractivity contribution in [2.24, 2.45) is 0 Å². The summed E-state index contributed by atoms with van der Waals surface area (Å²) in [5, 5.41) is 13.3. The first-order chi connectivity index (χ1) is 9.15. The van der Waals surface area contributed by atoms with Crippen molar-refractivity contribution in [2.45, 2.75) is 39.2 Å². The summed E-state index contributed by atoms with van der Waals surface area (Å²) < 4.78 is 0. The van der Waals surface area contributed by atoms with Gasteiger partial charge in [0.1, 0.15) is 6.10 Å². The van der Waals surface area contributed by atoms with Gasteiger partial charge in [-0.15, -0.1) is 11.3 Å². The lowest BCUT2D eigenvalue weighted by Gasteiger charge is -2.15. The summed E-state index contributed by atoms with van der Waals surface area (Å²) in [6, 6.07) is 7.90. The van der Waals surface area contributed by atoms with Gasteiger partial charge in [0.2, 0.25) is 0 Å². The third-order valence-corrected chi connectivity index (χ3v) is 4.59. The number of rotatable bonds is 5. The molecule has 0 aliphatic heterocycles. The second kappa shape index (κ2) is 6.56. The summed E-state index contributed by atoms with van der Waals surface area (Å²) in [4.78, 5) is 1.30. The van der Waals surface area contributed by atoms with Gasteiger partial charge in [-0.05, 0) is 53.1 Å². The van der Waals surface area contributed by atoms with Gasteiger partial charge in [0.05, 0.1) is 0 Å². The molecule has 0 spiro atoms. The zero-order chi connectivity index (χ0) is 13.8. The van der Waals surface area contributed by atoms with Gasteiger partial charge in [0.15, 0.2) is 0 Å². The second-order valence-electron chi connectivity index (χ2n) is 4.70. The molecule has 0 saturated heterocycles. The summed E-state index contributed by atoms with van der Waals surface area (Å²) in [6.07, 6.45) is 2.46. The van der Waals surface area contributed by atoms with Crippen molar-refractivity contribution in [3.8, 4) is 0 Å². The Balaban J connectivity index is 2.36. The van der Waals surface area contributed by atoms with Crippen LogP contribution in [-0.4, -0.2) is 5.11 Å². The molecule has 3 heteroatoms. The lowest BCUT2D eigenvalue weighted by Crippen LogP contribution is -2.03. The zero-order valence-corrected chi connectivity index (χ0v) is 12.9. The lowest BCUT2D eigenvalue weighted by atomic mass is 9.96. The molecule has 0 aliphatic rings. The molecule has 0 fully saturated rings. The van der Waals surface area contributed by atoms with Crippen LogP contribution in [-0.2, 0) is 12.8 Å². The number of aliphatic hydroxyl groups is 1. The molecule has 1 aromatic carbocycles. The van der Waals surface area contributed by atoms with Crippen LogP contribution in [0.15, 0.2) is 29.6 Å². The summed E-state index contributed by atoms with van der Waals surface area (Å²) >= 11 is 7.78. The van der Waals surface area contributed by atoms with E-state index in [0.29, 0.717) is 5.02 Å². The molecule has 2 aromatic rings. The van der Waals surface area contributed by atoms with Gasteiger partial charge in [-0.1, -0.05) is 37.9 Å². The first-order valence-electron chi connectivity index (χ1n) is 6.69. The predicted molar refractivity (Wildman–Crippen MR) is 83.2 cm³/mol. The Bertz CT molecular complexity index is 547. The van der Waals surface area contributed by atoms with Gasteiger partial charge in [-0.25, -0.2) is 0 Å². The molecule has 0 radical (unpaired) electrons. The van der Waals surface area contributed by atoms with E-state index in [1.807, 2.05) is 23.6 Å². The average molecular weight is 295 g/mol. The SMILES string of the molecule is CCCc1ccc(Cl)cc1C(O)c1csc(CC)c1. The molecule has 1 aromatic heterocycles. The van der Waals surface area contributed by atoms with Crippen molar-refractivity contribution < 1.29 is 5.11 Å². The maximum absolute atomic E-state index is 10.6. The molecule has 0 amide bonds. The van der Waals surface area contributed by atoms with Crippen molar-refractivity contribution in [1.29, 1.82) is 0 Å². The summed E-state index contributed by atoms with van der Waals surface area (Å²) in [5.74, 6) is 0. The highest BCUT2D eigenvalue weighted by molar-refractivity contribution is 7.10. The highest BCUT2D eigenvalue weighted by Gasteiger charge is 2.16. The van der Waals surface area contributed by atoms with Crippen molar-refractivity contribution >= 4 is 22.9 Å². The molecule has 0 saturated carbocycles. The van der Waals surface area contributed by atoms with E-state index in [1.165, 1.54) is 10.4 Å². The predicted octanol–water partition coefficient (Wildman–Crippen LogP) is 5.00. The van der Waals surface area contributed by atoms with Crippen LogP contribution in [0.4, 0.5) is 0 Å². The molecular formula is C16H19ClOS. The fraction of sp³-hybridized carbons (Fsp3) is 0.375. The quantitative estimate of drug-likeness (QED) is 0.823. The van der Waals surface area contributed by atoms with Crippen LogP contribution < -0.4 is 0 Å². The van der Waals surface area contributed by atoms with E-state index >= 15 is 0 Å². The normalized spacial score (nSPS) is 12.6. The minimum Gasteiger partial charge on any atom is -0.384 e. The molecule has 1 N–H and O–H groups in total. The van der Waals surface area contributed by atoms with Crippen LogP contribution in [0.2, 0.25) is 5.02 Å². The molecule has 2 rings (SSSR count). The molecule has 1 nitrogen and oxygen atoms in total. The number of halogens is 1. The van der Waals surface area contributed by atoms with Crippen molar-refractivity contribution in [3.05, 3.63) is 56.2 Å². The highest BCUT2D eigenvalue weighted by Crippen LogP contribution is 2.31. The van der Waals surface area contributed by atoms with E-state index in [4.69, 9.17) is 11.6 Å². The molecule has 1 unspecified atom stereocenters. The fourth-order valence-corrected chi connectivity index (χ4v) is 3.26. The van der Waals surface area contributed by atoms with E-state index in [9.17, 15) is 5.11 Å². The topological polar surface area (TPSA) is 20.2 Å². The largest absolute Gasteiger partial charge is 0.384 e. The molecule has 0 aliphatic carbocycles. The Morgan fingerprint density at radius 1 is 1.26 bits per heavy atom. The minimum atomic E-state index is -0.572. The smallest absolute Gasteiger partial charge is 0.105 e. The van der Waals surface area contributed by atoms with E-state index in [2.05, 4.69) is 19.9 Å². The molecule has 19 heavy (non-hydrogen) atoms. The first-order valence-corrected chi connectivity index (χ1v) is 7.95. The summed E-state index contributed by atoms with van der Waals surface area (Å²) in [7, 11) is 0. The van der Waals surface area contributed by atoms with Crippen LogP contribution in [0.3, 0.4) is 0 Å². The van der Waals surface area contributed by atoms with Crippen molar-refractivity contribution in [1.82, 2.24) is 0 Å². The maximum atomic E-state index is 10.6. The van der Waals surface area contributed by atoms with Gasteiger partial charge >= 0.3 is 0 Å². The Morgan fingerprint density at radius 2 is 2.05 bits per heavy atom. The van der Waals surface area contributed by atoms with Crippen LogP contribution in [0.25, 0.3) is 0 Å². The number of benzene rings is 1. The standard InChI is InChI=1S/C16H19ClOS/c1-3-5-11-6-7-13(17)9-15(11)16(18)12-8-14(4-2)19-10-12/h6-10,16,18H,3-5H2,1-2H3. The van der Waals surface area contributed by atoms with Crippen LogP contribution >= 0.6 is 22.9 Å². The van der Waals surface area contributed by atoms with E-state index in [1.54, 1.807) is 11.3 Å². The zero-order valence-electron chi connectivity index (χ0n) is 11.3. The Labute approximate surface area is 123 Å². The van der Waals surface area contributed by atoms with E-state index in [0.717, 1.165) is 30.4 Å². The van der Waals surface area contributed by atoms with E-state index < -0.39 is 6.10 Å². The Kier molecular flexibility index (Phi) is 5.03. The average Bonchev–Trinajstić information content (AvgIpc) is 2.89. The van der Waals surface area contributed by atoms with Crippen molar-refractivity contribution in [3.63, 3.8) is 0 Å². The maximum Gasteiger partial charge on any atom is 0.105 e. The van der Waals surface area contributed by atoms with Gasteiger partial charge in [-0.3, -0.25) is 0 Å². The van der Waals surface area contributed by atoms with Gasteiger partial charge in [0, 0.05) is 9.90 Å². The van der Waals surface area contributed by atoms with Crippen LogP contribution in [0.1, 0.15) is 47.9 Å². The number of hydrogen-bond donors (Lipinski definition) is 1. The van der Waals surface area contributed by atoms with E-state index in [-0.39, 0.29) is 0 Å². The van der Waals surface area contributed by atoms with Gasteiger partial charge in [0.25, 0.3) is 0 Å². The monoisotopic (exact) mass is 294 g/mol. The number of thiophene rings is 1. The van der Waals surface area contributed by atoms with Crippen LogP contribution in [0.5, 0.6) is 0 Å². The third kappa shape index (κ3) is 3.38. The number of aliphatic hydroxyl groups excluding tert-OH is 1. The van der Waals surface area contributed by atoms with Crippen LogP contribution in [0, 0.1) is 0 Å². The summed E-state index contributed by atoms with van der Waals surface area (Å²) in [6.45, 7) is 4.27. The number of hydrogen-bond acceptors (Lipinski definition) is 2. The molecule has 0 bridgehead atoms. The third-order valence-electron chi connectivity index (χ3n) is 3.26. The lowest BCUT2D eigenvalue weighted by molar-refractivity contribution is 0.219. The molecular weight excluding hydrogens is 276 g/mol. The highest BCUT2D eigenvalue weighted by atomic mass is 35.5. The molecule has 1 heterocycles. The van der Waals surface area contributed by atoms with Gasteiger partial charge in [-0.2, -0.15) is 0 Å². The minimum absolute atomic E-state index is 0.572. The Hall–Kier alpha value is -0.830. The summed E-state index contributed by atoms with van der Waals surface area (Å²) in [5.41, 5.74) is 3.10. The fourth-order valence-electron chi connectivity index (χ4n) is 2.22.